The molecule has 84 valence electrons. The summed E-state index contributed by atoms with van der Waals surface area (Å²) in [6.07, 6.45) is 0.998. The summed E-state index contributed by atoms with van der Waals surface area (Å²) in [6, 6.07) is -0.0521. The fourth-order valence-corrected chi connectivity index (χ4v) is 0.882. The summed E-state index contributed by atoms with van der Waals surface area (Å²) in [5, 5.41) is 5.97. The van der Waals surface area contributed by atoms with E-state index in [1.165, 1.54) is 4.90 Å². The monoisotopic (exact) mass is 203 g/mol. The summed E-state index contributed by atoms with van der Waals surface area (Å²) >= 11 is 0. The second-order valence-corrected chi connectivity index (χ2v) is 3.22. The minimum Gasteiger partial charge on any atom is -0.385 e. The van der Waals surface area contributed by atoms with E-state index in [1.54, 1.807) is 21.2 Å². The standard InChI is InChI=1S/C9H21N3O2/c1-12(2)9(13)11-7-6-10-5-4-8-14-3/h10H,4-8H2,1-3H3,(H,11,13). The first-order valence-corrected chi connectivity index (χ1v) is 4.83. The molecule has 5 nitrogen and oxygen atoms in total. The Morgan fingerprint density at radius 3 is 2.57 bits per heavy atom. The molecular weight excluding hydrogens is 182 g/mol. The molecule has 0 unspecified atom stereocenters. The van der Waals surface area contributed by atoms with Gasteiger partial charge in [0.2, 0.25) is 0 Å². The van der Waals surface area contributed by atoms with Crippen molar-refractivity contribution in [1.82, 2.24) is 15.5 Å². The molecule has 0 atom stereocenters. The molecule has 0 aliphatic rings. The summed E-state index contributed by atoms with van der Waals surface area (Å²) in [6.45, 7) is 3.15. The summed E-state index contributed by atoms with van der Waals surface area (Å²) in [5.41, 5.74) is 0. The normalized spacial score (nSPS) is 9.93. The third kappa shape index (κ3) is 7.82. The van der Waals surface area contributed by atoms with Gasteiger partial charge in [0.1, 0.15) is 0 Å². The topological polar surface area (TPSA) is 53.6 Å². The second-order valence-electron chi connectivity index (χ2n) is 3.22. The fraction of sp³-hybridized carbons (Fsp3) is 0.889. The van der Waals surface area contributed by atoms with Gasteiger partial charge < -0.3 is 20.3 Å². The van der Waals surface area contributed by atoms with E-state index in [0.29, 0.717) is 6.54 Å². The molecule has 0 aromatic heterocycles. The van der Waals surface area contributed by atoms with Gasteiger partial charge in [-0.3, -0.25) is 0 Å². The lowest BCUT2D eigenvalue weighted by atomic mass is 10.4. The number of urea groups is 1. The molecule has 0 spiro atoms. The molecule has 5 heteroatoms. The van der Waals surface area contributed by atoms with E-state index < -0.39 is 0 Å². The number of methoxy groups -OCH3 is 1. The minimum atomic E-state index is -0.0521. The third-order valence-corrected chi connectivity index (χ3v) is 1.69. The molecule has 14 heavy (non-hydrogen) atoms. The highest BCUT2D eigenvalue weighted by atomic mass is 16.5. The van der Waals surface area contributed by atoms with Gasteiger partial charge in [-0.1, -0.05) is 0 Å². The second kappa shape index (κ2) is 8.77. The van der Waals surface area contributed by atoms with Crippen molar-refractivity contribution in [3.63, 3.8) is 0 Å². The van der Waals surface area contributed by atoms with Gasteiger partial charge >= 0.3 is 6.03 Å². The SMILES string of the molecule is COCCCNCCNC(=O)N(C)C. The molecule has 2 amide bonds. The smallest absolute Gasteiger partial charge is 0.316 e. The molecule has 0 fully saturated rings. The first kappa shape index (κ1) is 13.2. The van der Waals surface area contributed by atoms with Crippen LogP contribution in [0.1, 0.15) is 6.42 Å². The van der Waals surface area contributed by atoms with Crippen molar-refractivity contribution in [2.75, 3.05) is 47.4 Å². The highest BCUT2D eigenvalue weighted by Crippen LogP contribution is 1.77. The molecule has 0 aromatic carbocycles. The van der Waals surface area contributed by atoms with Crippen molar-refractivity contribution in [2.24, 2.45) is 0 Å². The van der Waals surface area contributed by atoms with E-state index in [-0.39, 0.29) is 6.03 Å². The number of hydrogen-bond donors (Lipinski definition) is 2. The van der Waals surface area contributed by atoms with Crippen molar-refractivity contribution in [3.8, 4) is 0 Å². The summed E-state index contributed by atoms with van der Waals surface area (Å²) in [4.78, 5) is 12.6. The van der Waals surface area contributed by atoms with Crippen molar-refractivity contribution in [3.05, 3.63) is 0 Å². The van der Waals surface area contributed by atoms with E-state index in [2.05, 4.69) is 10.6 Å². The van der Waals surface area contributed by atoms with E-state index >= 15 is 0 Å². The largest absolute Gasteiger partial charge is 0.385 e. The molecule has 2 N–H and O–H groups in total. The molecule has 0 aromatic rings. The first-order valence-electron chi connectivity index (χ1n) is 4.83. The number of amides is 2. The van der Waals surface area contributed by atoms with Gasteiger partial charge in [0.25, 0.3) is 0 Å². The van der Waals surface area contributed by atoms with Gasteiger partial charge in [0, 0.05) is 40.9 Å². The highest BCUT2D eigenvalue weighted by Gasteiger charge is 1.99. The average Bonchev–Trinajstić information content (AvgIpc) is 2.16. The van der Waals surface area contributed by atoms with Crippen LogP contribution in [0.3, 0.4) is 0 Å². The van der Waals surface area contributed by atoms with Crippen molar-refractivity contribution in [1.29, 1.82) is 0 Å². The van der Waals surface area contributed by atoms with Crippen LogP contribution in [0.15, 0.2) is 0 Å². The number of nitrogens with zero attached hydrogens (tertiary/aromatic N) is 1. The Hall–Kier alpha value is -0.810. The van der Waals surface area contributed by atoms with Gasteiger partial charge in [-0.25, -0.2) is 4.79 Å². The van der Waals surface area contributed by atoms with Crippen LogP contribution in [0.25, 0.3) is 0 Å². The van der Waals surface area contributed by atoms with E-state index in [4.69, 9.17) is 4.74 Å². The minimum absolute atomic E-state index is 0.0521. The van der Waals surface area contributed by atoms with Crippen LogP contribution >= 0.6 is 0 Å². The molecular formula is C9H21N3O2. The van der Waals surface area contributed by atoms with Crippen LogP contribution in [-0.4, -0.2) is 58.4 Å². The van der Waals surface area contributed by atoms with Crippen LogP contribution in [0, 0.1) is 0 Å². The predicted molar refractivity (Wildman–Crippen MR) is 56.4 cm³/mol. The average molecular weight is 203 g/mol. The number of ether oxygens (including phenoxy) is 1. The van der Waals surface area contributed by atoms with Crippen molar-refractivity contribution in [2.45, 2.75) is 6.42 Å². The lowest BCUT2D eigenvalue weighted by Gasteiger charge is -2.12. The Kier molecular flexibility index (Phi) is 8.27. The number of rotatable bonds is 7. The van der Waals surface area contributed by atoms with Gasteiger partial charge in [-0.15, -0.1) is 0 Å². The zero-order chi connectivity index (χ0) is 10.8. The molecule has 0 aliphatic carbocycles. The van der Waals surface area contributed by atoms with Crippen LogP contribution in [0.2, 0.25) is 0 Å². The maximum Gasteiger partial charge on any atom is 0.316 e. The molecule has 0 saturated heterocycles. The maximum atomic E-state index is 11.0. The lowest BCUT2D eigenvalue weighted by molar-refractivity contribution is 0.194. The van der Waals surface area contributed by atoms with E-state index in [9.17, 15) is 4.79 Å². The van der Waals surface area contributed by atoms with Gasteiger partial charge in [0.15, 0.2) is 0 Å². The number of carbonyl (C=O) groups excluding carboxylic acids is 1. The van der Waals surface area contributed by atoms with Crippen LogP contribution < -0.4 is 10.6 Å². The van der Waals surface area contributed by atoms with Gasteiger partial charge in [-0.05, 0) is 13.0 Å². The van der Waals surface area contributed by atoms with Gasteiger partial charge in [0.05, 0.1) is 0 Å². The Bertz CT molecular complexity index is 151. The number of carbonyl (C=O) groups is 1. The van der Waals surface area contributed by atoms with Gasteiger partial charge in [-0.2, -0.15) is 0 Å². The van der Waals surface area contributed by atoms with Crippen molar-refractivity contribution >= 4 is 6.03 Å². The molecule has 0 heterocycles. The summed E-state index contributed by atoms with van der Waals surface area (Å²) in [5.74, 6) is 0. The molecule has 0 saturated carbocycles. The summed E-state index contributed by atoms with van der Waals surface area (Å²) < 4.78 is 4.90. The Morgan fingerprint density at radius 1 is 1.29 bits per heavy atom. The highest BCUT2D eigenvalue weighted by molar-refractivity contribution is 5.73. The maximum absolute atomic E-state index is 11.0. The van der Waals surface area contributed by atoms with E-state index in [0.717, 1.165) is 26.1 Å². The zero-order valence-electron chi connectivity index (χ0n) is 9.30. The predicted octanol–water partition coefficient (Wildman–Crippen LogP) is -0.116. The van der Waals surface area contributed by atoms with Crippen LogP contribution in [0.4, 0.5) is 4.79 Å². The number of hydrogen-bond acceptors (Lipinski definition) is 3. The molecule has 0 radical (unpaired) electrons. The van der Waals surface area contributed by atoms with E-state index in [1.807, 2.05) is 0 Å². The van der Waals surface area contributed by atoms with Crippen LogP contribution in [-0.2, 0) is 4.74 Å². The number of nitrogens with one attached hydrogen (secondary N) is 2. The Balaban J connectivity index is 3.10. The lowest BCUT2D eigenvalue weighted by Crippen LogP contribution is -2.38. The fourth-order valence-electron chi connectivity index (χ4n) is 0.882. The Morgan fingerprint density at radius 2 is 2.00 bits per heavy atom. The quantitative estimate of drug-likeness (QED) is 0.567. The Labute approximate surface area is 85.8 Å². The molecule has 0 aliphatic heterocycles. The summed E-state index contributed by atoms with van der Waals surface area (Å²) in [7, 11) is 5.14. The first-order chi connectivity index (χ1) is 6.68. The molecule has 0 bridgehead atoms. The van der Waals surface area contributed by atoms with Crippen molar-refractivity contribution < 1.29 is 9.53 Å². The van der Waals surface area contributed by atoms with Crippen LogP contribution in [0.5, 0.6) is 0 Å². The third-order valence-electron chi connectivity index (χ3n) is 1.69. The molecule has 0 rings (SSSR count). The zero-order valence-corrected chi connectivity index (χ0v) is 9.30.